The van der Waals surface area contributed by atoms with Crippen molar-refractivity contribution in [3.8, 4) is 23.4 Å². The minimum Gasteiger partial charge on any atom is -0.497 e. The topological polar surface area (TPSA) is 107 Å². The van der Waals surface area contributed by atoms with Gasteiger partial charge in [0.05, 0.1) is 18.5 Å². The van der Waals surface area contributed by atoms with E-state index >= 15 is 0 Å². The van der Waals surface area contributed by atoms with Crippen LogP contribution in [-0.4, -0.2) is 17.9 Å². The number of Topliss-reactive ketones (excluding diaryl/α,β-unsaturated/α-hetero) is 1. The Bertz CT molecular complexity index is 1490. The number of rotatable bonds is 4. The number of nitrogens with two attached hydrogens (primary N) is 1. The number of carbonyl (C=O) groups is 1. The molecule has 1 aliphatic heterocycles. The van der Waals surface area contributed by atoms with Crippen molar-refractivity contribution in [1.29, 1.82) is 5.26 Å². The predicted molar refractivity (Wildman–Crippen MR) is 135 cm³/mol. The summed E-state index contributed by atoms with van der Waals surface area (Å²) in [6.45, 7) is 6.03. The van der Waals surface area contributed by atoms with Gasteiger partial charge >= 0.3 is 0 Å². The molecule has 0 saturated carbocycles. The zero-order chi connectivity index (χ0) is 25.6. The van der Waals surface area contributed by atoms with E-state index in [1.54, 1.807) is 7.11 Å². The van der Waals surface area contributed by atoms with Gasteiger partial charge in [0.1, 0.15) is 28.9 Å². The molecule has 1 atom stereocenters. The van der Waals surface area contributed by atoms with Gasteiger partial charge < -0.3 is 19.9 Å². The summed E-state index contributed by atoms with van der Waals surface area (Å²) in [7, 11) is 1.60. The van der Waals surface area contributed by atoms with Crippen molar-refractivity contribution in [3.05, 3.63) is 82.4 Å². The molecule has 1 unspecified atom stereocenters. The van der Waals surface area contributed by atoms with Gasteiger partial charge in [-0.1, -0.05) is 31.5 Å². The maximum absolute atomic E-state index is 13.5. The molecule has 0 amide bonds. The van der Waals surface area contributed by atoms with Crippen LogP contribution in [0.4, 0.5) is 0 Å². The predicted octanol–water partition coefficient (Wildman–Crippen LogP) is 5.80. The van der Waals surface area contributed by atoms with E-state index in [4.69, 9.17) is 24.9 Å². The third-order valence-corrected chi connectivity index (χ3v) is 6.64. The maximum Gasteiger partial charge on any atom is 0.224 e. The highest BCUT2D eigenvalue weighted by Gasteiger charge is 2.44. The number of ketones is 1. The highest BCUT2D eigenvalue weighted by atomic mass is 16.5. The summed E-state index contributed by atoms with van der Waals surface area (Å²) in [5, 5.41) is 10.9. The molecule has 1 aromatic heterocycles. The third kappa shape index (κ3) is 4.16. The monoisotopic (exact) mass is 481 g/mol. The molecule has 0 spiro atoms. The lowest BCUT2D eigenvalue weighted by Gasteiger charge is -2.37. The Kier molecular flexibility index (Phi) is 5.68. The number of aryl methyl sites for hydroxylation is 1. The van der Waals surface area contributed by atoms with E-state index in [9.17, 15) is 10.1 Å². The fourth-order valence-electron chi connectivity index (χ4n) is 4.88. The van der Waals surface area contributed by atoms with Crippen molar-refractivity contribution < 1.29 is 19.0 Å². The molecule has 0 saturated heterocycles. The number of pyridine rings is 1. The SMILES string of the molecule is COc1ccc2nc(Oc3ccc(C)cc3)c(C3C(C#N)=C(N)OC4=C3C(=O)CC(C)(C)C4)cc2c1. The lowest BCUT2D eigenvalue weighted by atomic mass is 9.70. The first-order valence-electron chi connectivity index (χ1n) is 11.8. The Hall–Kier alpha value is -4.31. The van der Waals surface area contributed by atoms with Gasteiger partial charge in [-0.05, 0) is 48.7 Å². The van der Waals surface area contributed by atoms with Crippen LogP contribution in [0.1, 0.15) is 43.7 Å². The molecule has 0 radical (unpaired) electrons. The molecule has 7 heteroatoms. The number of aromatic nitrogens is 1. The van der Waals surface area contributed by atoms with Crippen LogP contribution in [0.15, 0.2) is 71.3 Å². The second-order valence-corrected chi connectivity index (χ2v) is 10.1. The van der Waals surface area contributed by atoms with Crippen molar-refractivity contribution >= 4 is 16.7 Å². The molecule has 2 aromatic carbocycles. The van der Waals surface area contributed by atoms with Crippen molar-refractivity contribution in [1.82, 2.24) is 4.98 Å². The zero-order valence-electron chi connectivity index (χ0n) is 20.7. The van der Waals surface area contributed by atoms with E-state index in [0.717, 1.165) is 10.9 Å². The molecule has 2 heterocycles. The van der Waals surface area contributed by atoms with Crippen LogP contribution in [0.5, 0.6) is 17.4 Å². The van der Waals surface area contributed by atoms with Crippen LogP contribution in [-0.2, 0) is 9.53 Å². The van der Waals surface area contributed by atoms with Crippen LogP contribution in [0.2, 0.25) is 0 Å². The van der Waals surface area contributed by atoms with Crippen molar-refractivity contribution in [3.63, 3.8) is 0 Å². The summed E-state index contributed by atoms with van der Waals surface area (Å²) >= 11 is 0. The van der Waals surface area contributed by atoms with Gasteiger partial charge in [0.2, 0.25) is 11.8 Å². The Morgan fingerprint density at radius 2 is 1.83 bits per heavy atom. The van der Waals surface area contributed by atoms with Gasteiger partial charge in [-0.2, -0.15) is 5.26 Å². The lowest BCUT2D eigenvalue weighted by molar-refractivity contribution is -0.119. The number of hydrogen-bond acceptors (Lipinski definition) is 7. The molecular formula is C29H27N3O4. The first kappa shape index (κ1) is 23.4. The van der Waals surface area contributed by atoms with Gasteiger partial charge in [0.15, 0.2) is 5.78 Å². The number of ether oxygens (including phenoxy) is 3. The van der Waals surface area contributed by atoms with Gasteiger partial charge in [-0.25, -0.2) is 4.98 Å². The molecule has 5 rings (SSSR count). The minimum atomic E-state index is -0.758. The van der Waals surface area contributed by atoms with Crippen LogP contribution in [0, 0.1) is 23.7 Å². The summed E-state index contributed by atoms with van der Waals surface area (Å²) < 4.78 is 17.5. The van der Waals surface area contributed by atoms with Crippen LogP contribution in [0.25, 0.3) is 10.9 Å². The van der Waals surface area contributed by atoms with E-state index in [1.807, 2.05) is 69.3 Å². The van der Waals surface area contributed by atoms with E-state index in [-0.39, 0.29) is 22.7 Å². The Morgan fingerprint density at radius 1 is 1.11 bits per heavy atom. The number of benzene rings is 2. The number of allylic oxidation sites excluding steroid dienone is 3. The quantitative estimate of drug-likeness (QED) is 0.502. The van der Waals surface area contributed by atoms with Gasteiger partial charge in [-0.15, -0.1) is 0 Å². The van der Waals surface area contributed by atoms with Crippen molar-refractivity contribution in [2.45, 2.75) is 39.5 Å². The molecular weight excluding hydrogens is 454 g/mol. The molecule has 2 aliphatic rings. The van der Waals surface area contributed by atoms with Gasteiger partial charge in [0, 0.05) is 29.4 Å². The third-order valence-electron chi connectivity index (χ3n) is 6.64. The van der Waals surface area contributed by atoms with E-state index < -0.39 is 5.92 Å². The lowest BCUT2D eigenvalue weighted by Crippen LogP contribution is -2.33. The first-order chi connectivity index (χ1) is 17.2. The van der Waals surface area contributed by atoms with Crippen molar-refractivity contribution in [2.24, 2.45) is 11.1 Å². The first-order valence-corrected chi connectivity index (χ1v) is 11.8. The molecule has 3 aromatic rings. The fraction of sp³-hybridized carbons (Fsp3) is 0.276. The number of carbonyl (C=O) groups excluding carboxylic acids is 1. The molecule has 0 fully saturated rings. The molecule has 36 heavy (non-hydrogen) atoms. The number of hydrogen-bond donors (Lipinski definition) is 1. The number of nitrogens with zero attached hydrogens (tertiary/aromatic N) is 2. The molecule has 0 bridgehead atoms. The Balaban J connectivity index is 1.76. The van der Waals surface area contributed by atoms with Crippen molar-refractivity contribution in [2.75, 3.05) is 7.11 Å². The van der Waals surface area contributed by atoms with Gasteiger partial charge in [0.25, 0.3) is 0 Å². The molecule has 1 aliphatic carbocycles. The highest BCUT2D eigenvalue weighted by molar-refractivity contribution is 6.00. The second-order valence-electron chi connectivity index (χ2n) is 10.1. The maximum atomic E-state index is 13.5. The largest absolute Gasteiger partial charge is 0.497 e. The average molecular weight is 482 g/mol. The van der Waals surface area contributed by atoms with Crippen LogP contribution < -0.4 is 15.2 Å². The summed E-state index contributed by atoms with van der Waals surface area (Å²) in [6.07, 6.45) is 0.875. The van der Waals surface area contributed by atoms with Crippen LogP contribution >= 0.6 is 0 Å². The number of methoxy groups -OCH3 is 1. The molecule has 7 nitrogen and oxygen atoms in total. The summed E-state index contributed by atoms with van der Waals surface area (Å²) in [6, 6.07) is 17.2. The summed E-state index contributed by atoms with van der Waals surface area (Å²) in [5.41, 5.74) is 8.93. The number of nitriles is 1. The average Bonchev–Trinajstić information content (AvgIpc) is 2.83. The Labute approximate surface area is 209 Å². The smallest absolute Gasteiger partial charge is 0.224 e. The van der Waals surface area contributed by atoms with Crippen LogP contribution in [0.3, 0.4) is 0 Å². The molecule has 182 valence electrons. The highest BCUT2D eigenvalue weighted by Crippen LogP contribution is 2.50. The van der Waals surface area contributed by atoms with E-state index in [2.05, 4.69) is 6.07 Å². The normalized spacial score (nSPS) is 19.0. The fourth-order valence-corrected chi connectivity index (χ4v) is 4.88. The Morgan fingerprint density at radius 3 is 2.53 bits per heavy atom. The standard InChI is InChI=1S/C29H27N3O4/c1-16-5-7-18(8-6-16)35-28-20(12-17-11-19(34-4)9-10-22(17)32-28)25-21(15-30)27(31)36-24-14-29(2,3)13-23(33)26(24)25/h5-12,25H,13-14,31H2,1-4H3. The summed E-state index contributed by atoms with van der Waals surface area (Å²) in [5.74, 6) is 1.23. The number of fused-ring (bicyclic) bond motifs is 1. The zero-order valence-corrected chi connectivity index (χ0v) is 20.7. The minimum absolute atomic E-state index is 0.00113. The van der Waals surface area contributed by atoms with E-state index in [1.165, 1.54) is 0 Å². The second kappa shape index (κ2) is 8.72. The van der Waals surface area contributed by atoms with E-state index in [0.29, 0.717) is 52.6 Å². The summed E-state index contributed by atoms with van der Waals surface area (Å²) in [4.78, 5) is 18.3. The molecule has 2 N–H and O–H groups in total. The van der Waals surface area contributed by atoms with Gasteiger partial charge in [-0.3, -0.25) is 4.79 Å².